The number of hydrogen-bond acceptors (Lipinski definition) is 4. The van der Waals surface area contributed by atoms with Crippen LogP contribution in [0, 0.1) is 0 Å². The van der Waals surface area contributed by atoms with Crippen LogP contribution in [0.4, 0.5) is 0 Å². The molecule has 1 aliphatic carbocycles. The molecule has 1 heterocycles. The number of carbonyl (C=O) groups excluding carboxylic acids is 1. The molecule has 1 aliphatic rings. The Labute approximate surface area is 141 Å². The molecule has 0 saturated heterocycles. The van der Waals surface area contributed by atoms with E-state index in [0.29, 0.717) is 13.0 Å². The minimum absolute atomic E-state index is 0.0682. The number of unbranched alkanes of at least 4 members (excludes halogenated alkanes) is 2. The van der Waals surface area contributed by atoms with E-state index in [1.54, 1.807) is 6.07 Å². The number of hydrogen-bond donors (Lipinski definition) is 2. The molecular formula is C17H25N3O4. The van der Waals surface area contributed by atoms with Crippen LogP contribution in [0.25, 0.3) is 0 Å². The minimum Gasteiger partial charge on any atom is -0.481 e. The number of carboxylic acids is 1. The smallest absolute Gasteiger partial charge is 0.303 e. The lowest BCUT2D eigenvalue weighted by atomic mass is 10.1. The van der Waals surface area contributed by atoms with Gasteiger partial charge in [0.1, 0.15) is 6.54 Å². The van der Waals surface area contributed by atoms with Gasteiger partial charge in [-0.2, -0.15) is 5.10 Å². The molecule has 0 bridgehead atoms. The van der Waals surface area contributed by atoms with Crippen LogP contribution in [0.3, 0.4) is 0 Å². The standard InChI is InChI=1S/C17H25N3O4/c21-15(18-10-6-2-5-9-17(23)24)12-20-16(22)11-13-7-3-1-4-8-14(13)19-20/h11H,1-10,12H2,(H,18,21)(H,23,24). The normalized spacial score (nSPS) is 13.8. The second kappa shape index (κ2) is 9.20. The molecule has 0 unspecified atom stereocenters. The minimum atomic E-state index is -0.798. The molecule has 7 heteroatoms. The van der Waals surface area contributed by atoms with Gasteiger partial charge in [0.15, 0.2) is 0 Å². The third-order valence-electron chi connectivity index (χ3n) is 4.21. The second-order valence-electron chi connectivity index (χ2n) is 6.23. The number of carboxylic acid groups (broad SMARTS) is 1. The molecular weight excluding hydrogens is 310 g/mol. The molecule has 1 aromatic heterocycles. The first-order valence-corrected chi connectivity index (χ1v) is 8.64. The van der Waals surface area contributed by atoms with Gasteiger partial charge in [-0.15, -0.1) is 0 Å². The van der Waals surface area contributed by atoms with Crippen molar-refractivity contribution in [3.8, 4) is 0 Å². The fourth-order valence-corrected chi connectivity index (χ4v) is 2.89. The van der Waals surface area contributed by atoms with E-state index >= 15 is 0 Å². The number of nitrogens with zero attached hydrogens (tertiary/aromatic N) is 2. The van der Waals surface area contributed by atoms with Crippen LogP contribution in [0.15, 0.2) is 10.9 Å². The van der Waals surface area contributed by atoms with Crippen LogP contribution >= 0.6 is 0 Å². The number of aliphatic carboxylic acids is 1. The van der Waals surface area contributed by atoms with Crippen molar-refractivity contribution in [1.82, 2.24) is 15.1 Å². The number of carbonyl (C=O) groups is 2. The van der Waals surface area contributed by atoms with Crippen molar-refractivity contribution >= 4 is 11.9 Å². The second-order valence-corrected chi connectivity index (χ2v) is 6.23. The van der Waals surface area contributed by atoms with Gasteiger partial charge in [-0.1, -0.05) is 12.8 Å². The van der Waals surface area contributed by atoms with Crippen LogP contribution in [-0.2, 0) is 29.0 Å². The monoisotopic (exact) mass is 335 g/mol. The van der Waals surface area contributed by atoms with E-state index < -0.39 is 5.97 Å². The molecule has 0 saturated carbocycles. The Kier molecular flexibility index (Phi) is 6.96. The van der Waals surface area contributed by atoms with Crippen molar-refractivity contribution in [1.29, 1.82) is 0 Å². The lowest BCUT2D eigenvalue weighted by Crippen LogP contribution is -2.34. The molecule has 2 N–H and O–H groups in total. The maximum absolute atomic E-state index is 12.1. The third kappa shape index (κ3) is 5.79. The Morgan fingerprint density at radius 2 is 1.96 bits per heavy atom. The van der Waals surface area contributed by atoms with E-state index in [1.807, 2.05) is 0 Å². The van der Waals surface area contributed by atoms with Gasteiger partial charge in [-0.3, -0.25) is 14.4 Å². The zero-order chi connectivity index (χ0) is 17.4. The average Bonchev–Trinajstić information content (AvgIpc) is 2.75. The quantitative estimate of drug-likeness (QED) is 0.550. The van der Waals surface area contributed by atoms with Gasteiger partial charge in [-0.05, 0) is 44.1 Å². The number of amides is 1. The fraction of sp³-hybridized carbons (Fsp3) is 0.647. The Morgan fingerprint density at radius 3 is 2.75 bits per heavy atom. The molecule has 1 aromatic rings. The summed E-state index contributed by atoms with van der Waals surface area (Å²) in [5, 5.41) is 15.7. The number of aromatic nitrogens is 2. The topological polar surface area (TPSA) is 101 Å². The first kappa shape index (κ1) is 18.2. The number of fused-ring (bicyclic) bond motifs is 1. The van der Waals surface area contributed by atoms with Gasteiger partial charge in [0, 0.05) is 19.0 Å². The summed E-state index contributed by atoms with van der Waals surface area (Å²) in [6.45, 7) is 0.416. The van der Waals surface area contributed by atoms with Gasteiger partial charge < -0.3 is 10.4 Å². The molecule has 0 atom stereocenters. The van der Waals surface area contributed by atoms with Gasteiger partial charge in [-0.25, -0.2) is 4.68 Å². The molecule has 132 valence electrons. The molecule has 24 heavy (non-hydrogen) atoms. The number of aryl methyl sites for hydroxylation is 2. The van der Waals surface area contributed by atoms with Gasteiger partial charge in [0.25, 0.3) is 5.56 Å². The van der Waals surface area contributed by atoms with Crippen molar-refractivity contribution in [2.45, 2.75) is 64.3 Å². The van der Waals surface area contributed by atoms with Crippen molar-refractivity contribution in [2.75, 3.05) is 6.54 Å². The molecule has 1 amide bonds. The van der Waals surface area contributed by atoms with Crippen molar-refractivity contribution < 1.29 is 14.7 Å². The summed E-state index contributed by atoms with van der Waals surface area (Å²) in [4.78, 5) is 34.4. The van der Waals surface area contributed by atoms with Gasteiger partial charge >= 0.3 is 5.97 Å². The summed E-state index contributed by atoms with van der Waals surface area (Å²) in [6, 6.07) is 1.62. The molecule has 0 aromatic carbocycles. The molecule has 0 aliphatic heterocycles. The third-order valence-corrected chi connectivity index (χ3v) is 4.21. The van der Waals surface area contributed by atoms with E-state index in [1.165, 1.54) is 4.68 Å². The highest BCUT2D eigenvalue weighted by Gasteiger charge is 2.13. The van der Waals surface area contributed by atoms with Crippen LogP contribution in [0.1, 0.15) is 56.2 Å². The largest absolute Gasteiger partial charge is 0.481 e. The predicted molar refractivity (Wildman–Crippen MR) is 88.9 cm³/mol. The van der Waals surface area contributed by atoms with Crippen LogP contribution in [0.5, 0.6) is 0 Å². The lowest BCUT2D eigenvalue weighted by molar-refractivity contribution is -0.137. The zero-order valence-electron chi connectivity index (χ0n) is 13.9. The molecule has 0 radical (unpaired) electrons. The highest BCUT2D eigenvalue weighted by atomic mass is 16.4. The maximum atomic E-state index is 12.1. The van der Waals surface area contributed by atoms with Crippen LogP contribution in [-0.4, -0.2) is 33.3 Å². The average molecular weight is 335 g/mol. The van der Waals surface area contributed by atoms with Crippen LogP contribution in [0.2, 0.25) is 0 Å². The summed E-state index contributed by atoms with van der Waals surface area (Å²) in [5.41, 5.74) is 1.73. The molecule has 7 nitrogen and oxygen atoms in total. The number of nitrogens with one attached hydrogen (secondary N) is 1. The SMILES string of the molecule is O=C(O)CCCCCNC(=O)Cn1nc2c(cc1=O)CCCCC2. The molecule has 0 fully saturated rings. The van der Waals surface area contributed by atoms with E-state index in [2.05, 4.69) is 10.4 Å². The summed E-state index contributed by atoms with van der Waals surface area (Å²) in [6.07, 6.45) is 7.30. The number of rotatable bonds is 8. The van der Waals surface area contributed by atoms with Gasteiger partial charge in [0.05, 0.1) is 5.69 Å². The highest BCUT2D eigenvalue weighted by Crippen LogP contribution is 2.16. The summed E-state index contributed by atoms with van der Waals surface area (Å²) in [5.74, 6) is -1.04. The van der Waals surface area contributed by atoms with Crippen molar-refractivity contribution in [3.05, 3.63) is 27.7 Å². The van der Waals surface area contributed by atoms with Gasteiger partial charge in [0.2, 0.25) is 5.91 Å². The Hall–Kier alpha value is -2.18. The highest BCUT2D eigenvalue weighted by molar-refractivity contribution is 5.75. The van der Waals surface area contributed by atoms with E-state index in [4.69, 9.17) is 5.11 Å². The Balaban J connectivity index is 1.80. The molecule has 0 spiro atoms. The lowest BCUT2D eigenvalue weighted by Gasteiger charge is -2.10. The molecule has 2 rings (SSSR count). The first-order chi connectivity index (χ1) is 11.6. The zero-order valence-corrected chi connectivity index (χ0v) is 13.9. The Bertz CT molecular complexity index is 639. The van der Waals surface area contributed by atoms with Crippen LogP contribution < -0.4 is 10.9 Å². The van der Waals surface area contributed by atoms with E-state index in [0.717, 1.165) is 56.2 Å². The Morgan fingerprint density at radius 1 is 1.17 bits per heavy atom. The van der Waals surface area contributed by atoms with Crippen molar-refractivity contribution in [3.63, 3.8) is 0 Å². The van der Waals surface area contributed by atoms with E-state index in [-0.39, 0.29) is 24.4 Å². The van der Waals surface area contributed by atoms with Crippen molar-refractivity contribution in [2.24, 2.45) is 0 Å². The predicted octanol–water partition coefficient (Wildman–Crippen LogP) is 1.27. The summed E-state index contributed by atoms with van der Waals surface area (Å²) in [7, 11) is 0. The fourth-order valence-electron chi connectivity index (χ4n) is 2.89. The summed E-state index contributed by atoms with van der Waals surface area (Å²) >= 11 is 0. The maximum Gasteiger partial charge on any atom is 0.303 e. The summed E-state index contributed by atoms with van der Waals surface area (Å²) < 4.78 is 1.24. The van der Waals surface area contributed by atoms with E-state index in [9.17, 15) is 14.4 Å². The first-order valence-electron chi connectivity index (χ1n) is 8.64.